The van der Waals surface area contributed by atoms with Crippen molar-refractivity contribution in [3.63, 3.8) is 0 Å². The number of hydrogen-bond acceptors (Lipinski definition) is 6. The molecule has 26 rings (SSSR count). The van der Waals surface area contributed by atoms with Gasteiger partial charge >= 0.3 is 0 Å². The predicted molar refractivity (Wildman–Crippen MR) is 606 cm³/mol. The van der Waals surface area contributed by atoms with E-state index in [1.54, 1.807) is 0 Å². The van der Waals surface area contributed by atoms with Crippen LogP contribution in [0.5, 0.6) is 0 Å². The van der Waals surface area contributed by atoms with Gasteiger partial charge < -0.3 is 33.6 Å². The summed E-state index contributed by atoms with van der Waals surface area (Å²) in [6, 6.07) is 194. The lowest BCUT2D eigenvalue weighted by atomic mass is 9.96. The zero-order valence-electron chi connectivity index (χ0n) is 76.9. The van der Waals surface area contributed by atoms with Gasteiger partial charge in [-0.2, -0.15) is 0 Å². The number of benzene rings is 22. The molecule has 4 aromatic heterocycles. The van der Waals surface area contributed by atoms with Crippen molar-refractivity contribution in [2.75, 3.05) is 20.0 Å². The smallest absolute Gasteiger partial charge is 0.145 e. The number of furan rings is 1. The quantitative estimate of drug-likeness (QED) is 0.0874. The Kier molecular flexibility index (Phi) is 24.3. The summed E-state index contributed by atoms with van der Waals surface area (Å²) in [5.74, 6) is 0. The lowest BCUT2D eigenvalue weighted by Gasteiger charge is -2.30. The molecule has 1 N–H and O–H groups in total. The Balaban J connectivity index is 0.000000141. The molecule has 676 valence electrons. The fourth-order valence-corrected chi connectivity index (χ4v) is 21.6. The van der Waals surface area contributed by atoms with Crippen LogP contribution in [0.3, 0.4) is 0 Å². The highest BCUT2D eigenvalue weighted by molar-refractivity contribution is 7.26. The average molecular weight is 1860 g/mol. The molecule has 0 saturated carbocycles. The Morgan fingerprint density at radius 3 is 0.979 bits per heavy atom. The van der Waals surface area contributed by atoms with Crippen molar-refractivity contribution in [2.24, 2.45) is 0 Å². The first-order valence-corrected chi connectivity index (χ1v) is 48.9. The number of nitrogens with one attached hydrogen (secondary N) is 1. The fraction of sp³-hybridized carbons (Fsp3) is 0.00752. The zero-order valence-corrected chi connectivity index (χ0v) is 78.5. The molecule has 142 heavy (non-hydrogen) atoms. The Hall–Kier alpha value is -18.1. The van der Waals surface area contributed by atoms with E-state index in [2.05, 4.69) is 484 Å². The Morgan fingerprint density at radius 2 is 0.535 bits per heavy atom. The minimum atomic E-state index is 0. The number of anilines is 11. The lowest BCUT2D eigenvalue weighted by Crippen LogP contribution is -2.13. The average Bonchev–Trinajstić information content (AvgIpc) is 1.55. The number of fused-ring (bicyclic) bond motifs is 14. The second kappa shape index (κ2) is 39.2. The third-order valence-corrected chi connectivity index (χ3v) is 28.0. The van der Waals surface area contributed by atoms with E-state index >= 15 is 0 Å². The molecule has 0 aliphatic carbocycles. The first-order chi connectivity index (χ1) is 69.9. The molecule has 0 aliphatic rings. The van der Waals surface area contributed by atoms with Gasteiger partial charge in [-0.15, -0.1) is 11.3 Å². The van der Waals surface area contributed by atoms with Gasteiger partial charge in [0.1, 0.15) is 11.2 Å². The summed E-state index contributed by atoms with van der Waals surface area (Å²) >= 11 is 8.85. The minimum Gasteiger partial charge on any atom is -0.455 e. The minimum absolute atomic E-state index is 0. The van der Waals surface area contributed by atoms with Crippen LogP contribution in [-0.4, -0.2) is 9.13 Å². The highest BCUT2D eigenvalue weighted by Gasteiger charge is 2.28. The molecule has 0 radical (unpaired) electrons. The van der Waals surface area contributed by atoms with Crippen LogP contribution < -0.4 is 20.0 Å². The molecular weight excluding hydrogens is 1770 g/mol. The molecular formula is C133H95ClN6OS. The largest absolute Gasteiger partial charge is 0.455 e. The third kappa shape index (κ3) is 17.2. The number of rotatable bonds is 19. The number of hydrogen-bond donors (Lipinski definition) is 1. The number of nitrogens with zero attached hydrogens (tertiary/aromatic N) is 5. The van der Waals surface area contributed by atoms with Crippen LogP contribution in [0.2, 0.25) is 5.02 Å². The molecule has 0 atom stereocenters. The van der Waals surface area contributed by atoms with Crippen molar-refractivity contribution in [3.05, 3.63) is 551 Å². The van der Waals surface area contributed by atoms with Crippen LogP contribution in [0, 0.1) is 0 Å². The van der Waals surface area contributed by atoms with Crippen molar-refractivity contribution in [1.82, 2.24) is 9.13 Å². The van der Waals surface area contributed by atoms with E-state index in [0.29, 0.717) is 5.02 Å². The molecule has 4 heterocycles. The highest BCUT2D eigenvalue weighted by Crippen LogP contribution is 2.52. The van der Waals surface area contributed by atoms with E-state index in [9.17, 15) is 0 Å². The molecule has 0 spiro atoms. The van der Waals surface area contributed by atoms with Gasteiger partial charge in [0.25, 0.3) is 0 Å². The predicted octanol–water partition coefficient (Wildman–Crippen LogP) is 39.0. The second-order valence-corrected chi connectivity index (χ2v) is 36.7. The van der Waals surface area contributed by atoms with Gasteiger partial charge in [-0.3, -0.25) is 0 Å². The number of aromatic nitrogens is 2. The van der Waals surface area contributed by atoms with Crippen LogP contribution in [-0.2, 0) is 0 Å². The summed E-state index contributed by atoms with van der Waals surface area (Å²) in [4.78, 5) is 7.00. The van der Waals surface area contributed by atoms with Crippen molar-refractivity contribution in [2.45, 2.75) is 7.43 Å². The van der Waals surface area contributed by atoms with Gasteiger partial charge in [0.2, 0.25) is 0 Å². The van der Waals surface area contributed by atoms with Crippen LogP contribution in [0.4, 0.5) is 62.6 Å². The number of halogens is 1. The van der Waals surface area contributed by atoms with Gasteiger partial charge in [0.05, 0.1) is 27.5 Å². The summed E-state index contributed by atoms with van der Waals surface area (Å²) in [6.07, 6.45) is 0. The first kappa shape index (κ1) is 88.0. The van der Waals surface area contributed by atoms with Gasteiger partial charge in [0.15, 0.2) is 0 Å². The Labute approximate surface area is 835 Å². The van der Waals surface area contributed by atoms with Crippen LogP contribution in [0.1, 0.15) is 7.43 Å². The van der Waals surface area contributed by atoms with Crippen molar-refractivity contribution >= 4 is 171 Å². The summed E-state index contributed by atoms with van der Waals surface area (Å²) in [5, 5.41) is 13.7. The maximum atomic E-state index is 6.96. The van der Waals surface area contributed by atoms with Gasteiger partial charge in [-0.1, -0.05) is 371 Å². The third-order valence-electron chi connectivity index (χ3n) is 26.6. The SMILES string of the molecule is C.Clc1cc(-c2ccc(-c3cc4c5ccccc5n(-c5ccccc5)c4c4c3oc3ccccc34)cc2)cc(N(c2ccccc2)c2ccc(-c3ccccc3)cc2)c1.c1ccc(-c2ccc(N(c3ccccc3)c3cc(-c4ccc(-c5cc6c7ccccc7n(-c7ccccc7)c6c6c5sc5ccccc56)cc4)cc(N(c4ccccc4)c4ccccc4)c3)cc2)cc1.c1ccc(Nc2ccccc2)cc1. The van der Waals surface area contributed by atoms with E-state index in [-0.39, 0.29) is 7.43 Å². The van der Waals surface area contributed by atoms with Gasteiger partial charge in [-0.05, 0) is 250 Å². The molecule has 0 saturated heterocycles. The molecule has 26 aromatic rings. The lowest BCUT2D eigenvalue weighted by molar-refractivity contribution is 0.670. The summed E-state index contributed by atoms with van der Waals surface area (Å²) in [7, 11) is 0. The topological polar surface area (TPSA) is 44.8 Å². The molecule has 0 amide bonds. The van der Waals surface area contributed by atoms with Crippen molar-refractivity contribution in [1.29, 1.82) is 0 Å². The Morgan fingerprint density at radius 1 is 0.225 bits per heavy atom. The number of thiophene rings is 1. The highest BCUT2D eigenvalue weighted by atomic mass is 35.5. The van der Waals surface area contributed by atoms with E-state index < -0.39 is 0 Å². The second-order valence-electron chi connectivity index (χ2n) is 35.2. The van der Waals surface area contributed by atoms with E-state index in [0.717, 1.165) is 140 Å². The molecule has 7 nitrogen and oxygen atoms in total. The van der Waals surface area contributed by atoms with Gasteiger partial charge in [-0.25, -0.2) is 0 Å². The normalized spacial score (nSPS) is 11.2. The molecule has 0 bridgehead atoms. The summed E-state index contributed by atoms with van der Waals surface area (Å²) in [6.45, 7) is 0. The monoisotopic (exact) mass is 1860 g/mol. The summed E-state index contributed by atoms with van der Waals surface area (Å²) in [5.41, 5.74) is 34.2. The first-order valence-electron chi connectivity index (χ1n) is 47.7. The molecule has 0 unspecified atom stereocenters. The Bertz CT molecular complexity index is 8870. The molecule has 0 fully saturated rings. The zero-order chi connectivity index (χ0) is 93.9. The van der Waals surface area contributed by atoms with Crippen LogP contribution >= 0.6 is 22.9 Å². The maximum absolute atomic E-state index is 6.96. The van der Waals surface area contributed by atoms with Crippen molar-refractivity contribution < 1.29 is 4.42 Å². The van der Waals surface area contributed by atoms with E-state index in [4.69, 9.17) is 16.0 Å². The van der Waals surface area contributed by atoms with Gasteiger partial charge in [0, 0.05) is 137 Å². The van der Waals surface area contributed by atoms with Crippen LogP contribution in [0.25, 0.3) is 164 Å². The van der Waals surface area contributed by atoms with Crippen LogP contribution in [0.15, 0.2) is 550 Å². The van der Waals surface area contributed by atoms with E-state index in [1.165, 1.54) is 86.1 Å². The fourth-order valence-electron chi connectivity index (χ4n) is 20.1. The molecule has 22 aromatic carbocycles. The standard InChI is InChI=1S/C66H45N3S.C54H35ClN2O.C12H11N.CH4/c1-6-20-46(21-7-1)47-38-40-55(41-39-47)68(53-26-12-4-13-27-53)57-43-50(42-56(44-57)67(51-22-8-2-9-23-51)52-24-10-3-11-25-52)48-34-36-49(37-35-48)60-45-61-58-30-16-18-32-62(58)69(54-28-14-5-15-29-54)65(61)64-59-31-17-19-33-63(59)70-66(60)64;55-41-32-40(33-45(34-41)56(42-16-6-2-7-17-42)44-30-28-37(29-31-44)36-14-4-1-5-15-36)38-24-26-39(27-25-38)48-35-49-46-20-10-12-22-50(46)57(43-18-8-3-9-19-43)53(49)52-47-21-11-13-23-51(47)58-54(48)52;1-3-7-11(8-4-1)13-12-9-5-2-6-10-12;/h1-45H;1-35H;1-10,13H;1H4. The molecule has 0 aliphatic heterocycles. The summed E-state index contributed by atoms with van der Waals surface area (Å²) < 4.78 is 14.2. The maximum Gasteiger partial charge on any atom is 0.145 e. The van der Waals surface area contributed by atoms with E-state index in [1.807, 2.05) is 102 Å². The molecule has 9 heteroatoms. The van der Waals surface area contributed by atoms with Crippen molar-refractivity contribution in [3.8, 4) is 78.1 Å². The number of para-hydroxylation sites is 11.